The second kappa shape index (κ2) is 7.43. The van der Waals surface area contributed by atoms with Crippen LogP contribution in [0, 0.1) is 0 Å². The van der Waals surface area contributed by atoms with Gasteiger partial charge in [-0.3, -0.25) is 4.99 Å². The molecule has 0 amide bonds. The number of aliphatic imine (C=N–C) groups is 1. The maximum Gasteiger partial charge on any atom is 0.162 e. The van der Waals surface area contributed by atoms with E-state index in [-0.39, 0.29) is 6.04 Å². The average molecular weight is 344 g/mol. The minimum Gasteiger partial charge on any atom is -0.344 e. The topological polar surface area (TPSA) is 18.8 Å². The Hall–Kier alpha value is -0.840. The van der Waals surface area contributed by atoms with Crippen molar-refractivity contribution in [3.8, 4) is 0 Å². The lowest BCUT2D eigenvalue weighted by atomic mass is 10.3. The van der Waals surface area contributed by atoms with Crippen molar-refractivity contribution in [2.45, 2.75) is 19.9 Å². The van der Waals surface area contributed by atoms with Crippen molar-refractivity contribution in [1.29, 1.82) is 0 Å². The van der Waals surface area contributed by atoms with E-state index in [1.54, 1.807) is 17.8 Å². The van der Waals surface area contributed by atoms with Gasteiger partial charge in [0, 0.05) is 28.3 Å². The normalized spacial score (nSPS) is 17.7. The highest BCUT2D eigenvalue weighted by atomic mass is 35.5. The molecular weight excluding hydrogens is 325 g/mol. The molecule has 2 rings (SSSR count). The van der Waals surface area contributed by atoms with Gasteiger partial charge in [0.2, 0.25) is 0 Å². The molecule has 1 heterocycles. The summed E-state index contributed by atoms with van der Waals surface area (Å²) in [6.07, 6.45) is 1.89. The van der Waals surface area contributed by atoms with Crippen LogP contribution < -0.4 is 4.90 Å². The number of halogens is 2. The van der Waals surface area contributed by atoms with Gasteiger partial charge in [-0.2, -0.15) is 0 Å². The fourth-order valence-electron chi connectivity index (χ4n) is 2.04. The van der Waals surface area contributed by atoms with Gasteiger partial charge in [-0.15, -0.1) is 6.58 Å². The molecular formula is C15H19Cl2N3S. The van der Waals surface area contributed by atoms with Gasteiger partial charge >= 0.3 is 0 Å². The maximum absolute atomic E-state index is 6.09. The lowest BCUT2D eigenvalue weighted by Gasteiger charge is -2.38. The molecule has 1 aliphatic rings. The van der Waals surface area contributed by atoms with Crippen molar-refractivity contribution >= 4 is 45.8 Å². The van der Waals surface area contributed by atoms with Crippen LogP contribution in [0.3, 0.4) is 0 Å². The van der Waals surface area contributed by atoms with E-state index < -0.39 is 0 Å². The van der Waals surface area contributed by atoms with E-state index in [4.69, 9.17) is 23.2 Å². The summed E-state index contributed by atoms with van der Waals surface area (Å²) in [6.45, 7) is 9.52. The van der Waals surface area contributed by atoms with Crippen LogP contribution in [0.4, 0.5) is 5.69 Å². The summed E-state index contributed by atoms with van der Waals surface area (Å²) in [5.74, 6) is 0.829. The van der Waals surface area contributed by atoms with Crippen molar-refractivity contribution in [3.63, 3.8) is 0 Å². The first-order valence-electron chi connectivity index (χ1n) is 6.77. The molecule has 3 nitrogen and oxygen atoms in total. The first-order chi connectivity index (χ1) is 9.99. The van der Waals surface area contributed by atoms with Gasteiger partial charge in [0.25, 0.3) is 0 Å². The number of rotatable bonds is 4. The fourth-order valence-corrected chi connectivity index (χ4v) is 3.66. The molecule has 1 aliphatic heterocycles. The van der Waals surface area contributed by atoms with Crippen molar-refractivity contribution in [1.82, 2.24) is 4.90 Å². The van der Waals surface area contributed by atoms with E-state index in [2.05, 4.69) is 35.2 Å². The largest absolute Gasteiger partial charge is 0.344 e. The van der Waals surface area contributed by atoms with Gasteiger partial charge < -0.3 is 9.80 Å². The second-order valence-corrected chi connectivity index (χ2v) is 6.88. The molecule has 0 aromatic heterocycles. The summed E-state index contributed by atoms with van der Waals surface area (Å²) in [7, 11) is 0. The van der Waals surface area contributed by atoms with Crippen LogP contribution in [0.2, 0.25) is 10.0 Å². The van der Waals surface area contributed by atoms with E-state index in [0.29, 0.717) is 10.0 Å². The number of benzene rings is 1. The number of thioether (sulfide) groups is 1. The molecule has 0 radical (unpaired) electrons. The summed E-state index contributed by atoms with van der Waals surface area (Å²) in [5, 5.41) is 2.37. The van der Waals surface area contributed by atoms with Crippen LogP contribution >= 0.6 is 35.0 Å². The van der Waals surface area contributed by atoms with Gasteiger partial charge in [0.1, 0.15) is 0 Å². The van der Waals surface area contributed by atoms with Gasteiger partial charge in [-0.05, 0) is 32.0 Å². The minimum atomic E-state index is 0.284. The molecule has 0 saturated carbocycles. The smallest absolute Gasteiger partial charge is 0.162 e. The third-order valence-electron chi connectivity index (χ3n) is 2.89. The zero-order valence-corrected chi connectivity index (χ0v) is 14.5. The van der Waals surface area contributed by atoms with E-state index >= 15 is 0 Å². The Morgan fingerprint density at radius 2 is 2.00 bits per heavy atom. The van der Waals surface area contributed by atoms with Crippen molar-refractivity contribution in [2.24, 2.45) is 4.99 Å². The van der Waals surface area contributed by atoms with E-state index in [0.717, 1.165) is 29.9 Å². The zero-order chi connectivity index (χ0) is 15.4. The van der Waals surface area contributed by atoms with Crippen LogP contribution in [0.5, 0.6) is 0 Å². The highest BCUT2D eigenvalue weighted by Gasteiger charge is 2.23. The van der Waals surface area contributed by atoms with Crippen molar-refractivity contribution in [2.75, 3.05) is 24.0 Å². The minimum absolute atomic E-state index is 0.284. The molecule has 114 valence electrons. The first-order valence-corrected chi connectivity index (χ1v) is 8.51. The number of anilines is 1. The van der Waals surface area contributed by atoms with E-state index in [1.165, 1.54) is 0 Å². The molecule has 0 aliphatic carbocycles. The SMILES string of the molecule is C=CCN1CN(c2cc(Cl)cc(Cl)c2)CSC1=NC(C)C. The Bertz CT molecular complexity index is 525. The van der Waals surface area contributed by atoms with Gasteiger partial charge in [-0.1, -0.05) is 41.0 Å². The molecule has 6 heteroatoms. The molecule has 21 heavy (non-hydrogen) atoms. The summed E-state index contributed by atoms with van der Waals surface area (Å²) in [6, 6.07) is 5.90. The van der Waals surface area contributed by atoms with Crippen LogP contribution in [-0.4, -0.2) is 35.2 Å². The highest BCUT2D eigenvalue weighted by molar-refractivity contribution is 8.13. The van der Waals surface area contributed by atoms with Crippen LogP contribution in [0.25, 0.3) is 0 Å². The standard InChI is InChI=1S/C15H19Cl2N3S/c1-4-5-19-9-20(10-21-15(19)18-11(2)3)14-7-12(16)6-13(17)8-14/h4,6-8,11H,1,5,9-10H2,2-3H3. The van der Waals surface area contributed by atoms with Gasteiger partial charge in [-0.25, -0.2) is 0 Å². The predicted octanol–water partition coefficient (Wildman–Crippen LogP) is 4.71. The molecule has 1 fully saturated rings. The Morgan fingerprint density at radius 1 is 1.33 bits per heavy atom. The van der Waals surface area contributed by atoms with E-state index in [9.17, 15) is 0 Å². The zero-order valence-electron chi connectivity index (χ0n) is 12.2. The van der Waals surface area contributed by atoms with Crippen LogP contribution in [-0.2, 0) is 0 Å². The quantitative estimate of drug-likeness (QED) is 0.737. The summed E-state index contributed by atoms with van der Waals surface area (Å²) in [5.41, 5.74) is 1.03. The van der Waals surface area contributed by atoms with E-state index in [1.807, 2.05) is 18.2 Å². The Balaban J connectivity index is 2.20. The molecule has 0 N–H and O–H groups in total. The Morgan fingerprint density at radius 3 is 2.57 bits per heavy atom. The third-order valence-corrected chi connectivity index (χ3v) is 4.39. The molecule has 1 aromatic rings. The molecule has 0 unspecified atom stereocenters. The number of nitrogens with zero attached hydrogens (tertiary/aromatic N) is 3. The molecule has 1 aromatic carbocycles. The van der Waals surface area contributed by atoms with Gasteiger partial charge in [0.05, 0.1) is 12.5 Å². The van der Waals surface area contributed by atoms with Crippen molar-refractivity contribution < 1.29 is 0 Å². The summed E-state index contributed by atoms with van der Waals surface area (Å²) < 4.78 is 0. The highest BCUT2D eigenvalue weighted by Crippen LogP contribution is 2.29. The number of hydrogen-bond donors (Lipinski definition) is 0. The van der Waals surface area contributed by atoms with Gasteiger partial charge in [0.15, 0.2) is 5.17 Å². The molecule has 0 atom stereocenters. The number of amidine groups is 1. The molecule has 0 bridgehead atoms. The Labute approximate surface area is 140 Å². The third kappa shape index (κ3) is 4.56. The summed E-state index contributed by atoms with van der Waals surface area (Å²) >= 11 is 13.9. The molecule has 0 spiro atoms. The lowest BCUT2D eigenvalue weighted by molar-refractivity contribution is 0.460. The summed E-state index contributed by atoms with van der Waals surface area (Å²) in [4.78, 5) is 9.11. The monoisotopic (exact) mass is 343 g/mol. The number of hydrogen-bond acceptors (Lipinski definition) is 3. The lowest BCUT2D eigenvalue weighted by Crippen LogP contribution is -2.46. The van der Waals surface area contributed by atoms with Crippen LogP contribution in [0.15, 0.2) is 35.8 Å². The predicted molar refractivity (Wildman–Crippen MR) is 95.7 cm³/mol. The molecule has 1 saturated heterocycles. The first kappa shape index (κ1) is 16.5. The van der Waals surface area contributed by atoms with Crippen LogP contribution in [0.1, 0.15) is 13.8 Å². The van der Waals surface area contributed by atoms with Crippen molar-refractivity contribution in [3.05, 3.63) is 40.9 Å². The average Bonchev–Trinajstić information content (AvgIpc) is 2.39. The second-order valence-electron chi connectivity index (χ2n) is 5.10. The fraction of sp³-hybridized carbons (Fsp3) is 0.400. The Kier molecular flexibility index (Phi) is 5.85. The maximum atomic E-state index is 6.09.